The van der Waals surface area contributed by atoms with E-state index in [-0.39, 0.29) is 11.9 Å². The molecule has 0 aromatic rings. The lowest BCUT2D eigenvalue weighted by Gasteiger charge is -2.48. The van der Waals surface area contributed by atoms with Crippen LogP contribution in [0.3, 0.4) is 0 Å². The van der Waals surface area contributed by atoms with Crippen LogP contribution in [0, 0.1) is 5.92 Å². The van der Waals surface area contributed by atoms with Gasteiger partial charge in [0.15, 0.2) is 0 Å². The highest BCUT2D eigenvalue weighted by Crippen LogP contribution is 2.32. The molecule has 4 heteroatoms. The molecular formula is C11H19N3O. The number of carbonyl (C=O) groups is 1. The molecule has 1 amide bonds. The van der Waals surface area contributed by atoms with Crippen molar-refractivity contribution in [2.45, 2.75) is 31.3 Å². The van der Waals surface area contributed by atoms with E-state index < -0.39 is 0 Å². The van der Waals surface area contributed by atoms with Crippen LogP contribution < -0.4 is 5.73 Å². The van der Waals surface area contributed by atoms with Crippen LogP contribution in [-0.4, -0.2) is 54.0 Å². The van der Waals surface area contributed by atoms with Gasteiger partial charge < -0.3 is 15.5 Å². The Morgan fingerprint density at radius 3 is 2.33 bits per heavy atom. The maximum atomic E-state index is 11.9. The number of piperidine rings is 3. The lowest BCUT2D eigenvalue weighted by Crippen LogP contribution is -2.58. The fourth-order valence-electron chi connectivity index (χ4n) is 3.34. The number of carbonyl (C=O) groups excluding carboxylic acids is 1. The Kier molecular flexibility index (Phi) is 2.21. The van der Waals surface area contributed by atoms with Crippen LogP contribution in [0.1, 0.15) is 19.3 Å². The first-order valence-corrected chi connectivity index (χ1v) is 6.04. The average Bonchev–Trinajstić information content (AvgIpc) is 2.61. The van der Waals surface area contributed by atoms with Gasteiger partial charge in [-0.2, -0.15) is 0 Å². The van der Waals surface area contributed by atoms with Gasteiger partial charge in [-0.25, -0.2) is 0 Å². The highest BCUT2D eigenvalue weighted by molar-refractivity contribution is 5.84. The van der Waals surface area contributed by atoms with Gasteiger partial charge in [0.1, 0.15) is 0 Å². The van der Waals surface area contributed by atoms with Crippen molar-refractivity contribution in [2.75, 3.05) is 26.2 Å². The normalized spacial score (nSPS) is 45.1. The summed E-state index contributed by atoms with van der Waals surface area (Å²) in [6.45, 7) is 4.43. The first-order valence-electron chi connectivity index (χ1n) is 6.04. The Hall–Kier alpha value is -0.610. The standard InChI is InChI=1S/C11H19N3O/c12-9-3-6-14(11(9)15)10-7-13-4-1-8(10)2-5-13/h8-10H,1-7,12H2. The molecule has 2 bridgehead atoms. The van der Waals surface area contributed by atoms with Gasteiger partial charge in [0, 0.05) is 19.1 Å². The van der Waals surface area contributed by atoms with Gasteiger partial charge in [-0.1, -0.05) is 0 Å². The molecule has 2 N–H and O–H groups in total. The summed E-state index contributed by atoms with van der Waals surface area (Å²) in [5, 5.41) is 0. The van der Waals surface area contributed by atoms with Crippen LogP contribution >= 0.6 is 0 Å². The summed E-state index contributed by atoms with van der Waals surface area (Å²) in [7, 11) is 0. The first-order chi connectivity index (χ1) is 7.25. The van der Waals surface area contributed by atoms with Crippen LogP contribution in [0.4, 0.5) is 0 Å². The fourth-order valence-corrected chi connectivity index (χ4v) is 3.34. The van der Waals surface area contributed by atoms with E-state index in [4.69, 9.17) is 5.73 Å². The predicted molar refractivity (Wildman–Crippen MR) is 57.3 cm³/mol. The van der Waals surface area contributed by atoms with E-state index >= 15 is 0 Å². The number of amides is 1. The molecule has 0 aliphatic carbocycles. The molecule has 4 nitrogen and oxygen atoms in total. The second-order valence-electron chi connectivity index (χ2n) is 5.13. The number of nitrogens with two attached hydrogens (primary N) is 1. The topological polar surface area (TPSA) is 49.6 Å². The summed E-state index contributed by atoms with van der Waals surface area (Å²) in [6.07, 6.45) is 3.38. The van der Waals surface area contributed by atoms with Gasteiger partial charge in [-0.3, -0.25) is 4.79 Å². The second-order valence-corrected chi connectivity index (χ2v) is 5.13. The summed E-state index contributed by atoms with van der Waals surface area (Å²) in [4.78, 5) is 16.4. The van der Waals surface area contributed by atoms with Gasteiger partial charge in [0.2, 0.25) is 5.91 Å². The lowest BCUT2D eigenvalue weighted by atomic mass is 9.83. The molecular weight excluding hydrogens is 190 g/mol. The SMILES string of the molecule is NC1CCN(C2CN3CCC2CC3)C1=O. The average molecular weight is 209 g/mol. The van der Waals surface area contributed by atoms with Crippen molar-refractivity contribution >= 4 is 5.91 Å². The predicted octanol–water partition coefficient (Wildman–Crippen LogP) is -0.360. The van der Waals surface area contributed by atoms with Crippen molar-refractivity contribution in [1.29, 1.82) is 0 Å². The smallest absolute Gasteiger partial charge is 0.239 e. The lowest BCUT2D eigenvalue weighted by molar-refractivity contribution is -0.134. The highest BCUT2D eigenvalue weighted by Gasteiger charge is 2.42. The third kappa shape index (κ3) is 1.47. The van der Waals surface area contributed by atoms with E-state index in [0.29, 0.717) is 6.04 Å². The quantitative estimate of drug-likeness (QED) is 0.641. The van der Waals surface area contributed by atoms with E-state index in [2.05, 4.69) is 9.80 Å². The zero-order valence-electron chi connectivity index (χ0n) is 9.06. The third-order valence-corrected chi connectivity index (χ3v) is 4.30. The maximum absolute atomic E-state index is 11.9. The van der Waals surface area contributed by atoms with E-state index in [1.165, 1.54) is 25.9 Å². The van der Waals surface area contributed by atoms with Crippen LogP contribution in [0.2, 0.25) is 0 Å². The molecule has 2 atom stereocenters. The molecule has 0 radical (unpaired) electrons. The van der Waals surface area contributed by atoms with E-state index in [9.17, 15) is 4.79 Å². The molecule has 4 aliphatic heterocycles. The van der Waals surface area contributed by atoms with Gasteiger partial charge in [0.05, 0.1) is 6.04 Å². The molecule has 2 unspecified atom stereocenters. The van der Waals surface area contributed by atoms with Crippen molar-refractivity contribution in [3.63, 3.8) is 0 Å². The molecule has 0 spiro atoms. The van der Waals surface area contributed by atoms with Crippen LogP contribution in [0.15, 0.2) is 0 Å². The van der Waals surface area contributed by atoms with Crippen LogP contribution in [0.25, 0.3) is 0 Å². The van der Waals surface area contributed by atoms with Crippen molar-refractivity contribution in [2.24, 2.45) is 11.7 Å². The molecule has 84 valence electrons. The van der Waals surface area contributed by atoms with E-state index in [1.807, 2.05) is 0 Å². The number of nitrogens with zero attached hydrogens (tertiary/aromatic N) is 2. The maximum Gasteiger partial charge on any atom is 0.239 e. The largest absolute Gasteiger partial charge is 0.337 e. The molecule has 4 fully saturated rings. The van der Waals surface area contributed by atoms with E-state index in [1.54, 1.807) is 0 Å². The summed E-state index contributed by atoms with van der Waals surface area (Å²) in [6, 6.07) is 0.244. The monoisotopic (exact) mass is 209 g/mol. The number of fused-ring (bicyclic) bond motifs is 3. The molecule has 0 saturated carbocycles. The van der Waals surface area contributed by atoms with Gasteiger partial charge in [-0.15, -0.1) is 0 Å². The van der Waals surface area contributed by atoms with Crippen molar-refractivity contribution < 1.29 is 4.79 Å². The minimum atomic E-state index is -0.222. The highest BCUT2D eigenvalue weighted by atomic mass is 16.2. The van der Waals surface area contributed by atoms with Crippen molar-refractivity contribution in [3.8, 4) is 0 Å². The Balaban J connectivity index is 1.75. The number of hydrogen-bond donors (Lipinski definition) is 1. The minimum Gasteiger partial charge on any atom is -0.337 e. The zero-order chi connectivity index (χ0) is 10.4. The number of rotatable bonds is 1. The Morgan fingerprint density at radius 2 is 1.87 bits per heavy atom. The van der Waals surface area contributed by atoms with Crippen LogP contribution in [0.5, 0.6) is 0 Å². The summed E-state index contributed by atoms with van der Waals surface area (Å²) >= 11 is 0. The summed E-state index contributed by atoms with van der Waals surface area (Å²) in [5.41, 5.74) is 5.77. The van der Waals surface area contributed by atoms with E-state index in [0.717, 1.165) is 25.4 Å². The Bertz CT molecular complexity index is 273. The number of hydrogen-bond acceptors (Lipinski definition) is 3. The van der Waals surface area contributed by atoms with Crippen LogP contribution in [-0.2, 0) is 4.79 Å². The van der Waals surface area contributed by atoms with Gasteiger partial charge >= 0.3 is 0 Å². The van der Waals surface area contributed by atoms with Crippen molar-refractivity contribution in [1.82, 2.24) is 9.80 Å². The zero-order valence-corrected chi connectivity index (χ0v) is 9.06. The van der Waals surface area contributed by atoms with Gasteiger partial charge in [-0.05, 0) is 38.3 Å². The van der Waals surface area contributed by atoms with Gasteiger partial charge in [0.25, 0.3) is 0 Å². The number of likely N-dealkylation sites (tertiary alicyclic amines) is 1. The second kappa shape index (κ2) is 3.46. The molecule has 0 aromatic heterocycles. The fraction of sp³-hybridized carbons (Fsp3) is 0.909. The first kappa shape index (κ1) is 9.60. The minimum absolute atomic E-state index is 0.189. The Labute approximate surface area is 90.4 Å². The summed E-state index contributed by atoms with van der Waals surface area (Å²) < 4.78 is 0. The molecule has 4 aliphatic rings. The third-order valence-electron chi connectivity index (χ3n) is 4.30. The molecule has 4 heterocycles. The Morgan fingerprint density at radius 1 is 1.13 bits per heavy atom. The summed E-state index contributed by atoms with van der Waals surface area (Å²) in [5.74, 6) is 0.929. The molecule has 4 rings (SSSR count). The molecule has 0 aromatic carbocycles. The molecule has 4 saturated heterocycles. The molecule has 15 heavy (non-hydrogen) atoms. The van der Waals surface area contributed by atoms with Crippen molar-refractivity contribution in [3.05, 3.63) is 0 Å².